The van der Waals surface area contributed by atoms with Crippen molar-refractivity contribution >= 4 is 12.0 Å². The second-order valence-electron chi connectivity index (χ2n) is 7.74. The van der Waals surface area contributed by atoms with Gasteiger partial charge in [0.1, 0.15) is 6.04 Å². The number of nitrogens with zero attached hydrogens (tertiary/aromatic N) is 3. The predicted molar refractivity (Wildman–Crippen MR) is 105 cm³/mol. The monoisotopic (exact) mass is 379 g/mol. The normalized spacial score (nSPS) is 24.5. The molecule has 2 amide bonds. The number of likely N-dealkylation sites (tertiary alicyclic amines) is 1. The van der Waals surface area contributed by atoms with E-state index in [1.165, 1.54) is 4.90 Å². The number of benzene rings is 1. The highest BCUT2D eigenvalue weighted by molar-refractivity contribution is 5.88. The van der Waals surface area contributed by atoms with Crippen LogP contribution >= 0.6 is 0 Å². The number of rotatable bonds is 2. The molecule has 146 valence electrons. The molecule has 6 nitrogen and oxygen atoms in total. The molecule has 0 spiro atoms. The maximum atomic E-state index is 13.7. The molecule has 4 rings (SSSR count). The van der Waals surface area contributed by atoms with E-state index in [9.17, 15) is 14.7 Å². The fourth-order valence-corrected chi connectivity index (χ4v) is 4.72. The summed E-state index contributed by atoms with van der Waals surface area (Å²) >= 11 is 0. The van der Waals surface area contributed by atoms with Crippen molar-refractivity contribution in [1.82, 2.24) is 14.8 Å². The van der Waals surface area contributed by atoms with Gasteiger partial charge in [0.2, 0.25) is 5.91 Å². The first-order valence-electron chi connectivity index (χ1n) is 9.81. The average Bonchev–Trinajstić information content (AvgIpc) is 3.21. The van der Waals surface area contributed by atoms with Crippen LogP contribution < -0.4 is 0 Å². The molecule has 2 aromatic rings. The van der Waals surface area contributed by atoms with Gasteiger partial charge in [0.05, 0.1) is 11.1 Å². The Morgan fingerprint density at radius 2 is 1.79 bits per heavy atom. The largest absolute Gasteiger partial charge is 0.465 e. The molecule has 0 aliphatic carbocycles. The van der Waals surface area contributed by atoms with Crippen LogP contribution in [-0.4, -0.2) is 57.6 Å². The minimum atomic E-state index is -1.06. The topological polar surface area (TPSA) is 73.7 Å². The smallest absolute Gasteiger partial charge is 0.408 e. The SMILES string of the molecule is CC1(c2ccccn2)c2ccccc2CCN(C(=O)O)C1C(=O)N1CCCC1. The predicted octanol–water partition coefficient (Wildman–Crippen LogP) is 2.91. The number of pyridine rings is 1. The minimum Gasteiger partial charge on any atom is -0.465 e. The molecule has 2 atom stereocenters. The lowest BCUT2D eigenvalue weighted by molar-refractivity contribution is -0.137. The van der Waals surface area contributed by atoms with Crippen LogP contribution in [0.1, 0.15) is 36.6 Å². The summed E-state index contributed by atoms with van der Waals surface area (Å²) in [7, 11) is 0. The number of hydrogen-bond donors (Lipinski definition) is 1. The second kappa shape index (κ2) is 7.26. The highest BCUT2D eigenvalue weighted by Crippen LogP contribution is 2.42. The lowest BCUT2D eigenvalue weighted by Gasteiger charge is -2.42. The summed E-state index contributed by atoms with van der Waals surface area (Å²) in [5, 5.41) is 10.0. The summed E-state index contributed by atoms with van der Waals surface area (Å²) in [6.45, 7) is 3.62. The van der Waals surface area contributed by atoms with Gasteiger partial charge >= 0.3 is 6.09 Å². The van der Waals surface area contributed by atoms with Crippen molar-refractivity contribution in [2.45, 2.75) is 37.6 Å². The van der Waals surface area contributed by atoms with Gasteiger partial charge in [0, 0.05) is 25.8 Å². The van der Waals surface area contributed by atoms with E-state index >= 15 is 0 Å². The number of carbonyl (C=O) groups is 2. The molecule has 1 aromatic carbocycles. The second-order valence-corrected chi connectivity index (χ2v) is 7.74. The molecular formula is C22H25N3O3. The average molecular weight is 379 g/mol. The van der Waals surface area contributed by atoms with Crippen molar-refractivity contribution in [2.75, 3.05) is 19.6 Å². The Labute approximate surface area is 164 Å². The van der Waals surface area contributed by atoms with E-state index in [0.29, 0.717) is 31.7 Å². The van der Waals surface area contributed by atoms with Gasteiger partial charge in [-0.25, -0.2) is 4.79 Å². The van der Waals surface area contributed by atoms with Crippen molar-refractivity contribution in [2.24, 2.45) is 0 Å². The van der Waals surface area contributed by atoms with Crippen LogP contribution in [0.2, 0.25) is 0 Å². The van der Waals surface area contributed by atoms with Crippen LogP contribution in [-0.2, 0) is 16.6 Å². The number of hydrogen-bond acceptors (Lipinski definition) is 3. The van der Waals surface area contributed by atoms with Gasteiger partial charge < -0.3 is 10.0 Å². The number of amides is 2. The van der Waals surface area contributed by atoms with Crippen LogP contribution in [0.25, 0.3) is 0 Å². The maximum Gasteiger partial charge on any atom is 0.408 e. The van der Waals surface area contributed by atoms with Crippen molar-refractivity contribution < 1.29 is 14.7 Å². The number of carboxylic acid groups (broad SMARTS) is 1. The fourth-order valence-electron chi connectivity index (χ4n) is 4.72. The Morgan fingerprint density at radius 1 is 1.07 bits per heavy atom. The van der Waals surface area contributed by atoms with Gasteiger partial charge in [-0.2, -0.15) is 0 Å². The molecule has 0 bridgehead atoms. The molecule has 28 heavy (non-hydrogen) atoms. The molecule has 1 N–H and O–H groups in total. The summed E-state index contributed by atoms with van der Waals surface area (Å²) < 4.78 is 0. The molecule has 1 fully saturated rings. The molecule has 2 aliphatic rings. The summed E-state index contributed by atoms with van der Waals surface area (Å²) in [6, 6.07) is 12.7. The first-order chi connectivity index (χ1) is 13.5. The standard InChI is InChI=1S/C22H25N3O3/c1-22(18-10-4-5-12-23-18)17-9-3-2-8-16(17)11-15-25(21(27)28)19(22)20(26)24-13-6-7-14-24/h2-5,8-10,12,19H,6-7,11,13-15H2,1H3,(H,27,28). The third kappa shape index (κ3) is 2.93. The van der Waals surface area contributed by atoms with Gasteiger partial charge in [-0.1, -0.05) is 30.3 Å². The van der Waals surface area contributed by atoms with Crippen molar-refractivity contribution in [3.63, 3.8) is 0 Å². The quantitative estimate of drug-likeness (QED) is 0.871. The van der Waals surface area contributed by atoms with Gasteiger partial charge in [-0.3, -0.25) is 14.7 Å². The Bertz CT molecular complexity index is 880. The zero-order valence-corrected chi connectivity index (χ0v) is 16.0. The number of fused-ring (bicyclic) bond motifs is 1. The number of aromatic nitrogens is 1. The lowest BCUT2D eigenvalue weighted by Crippen LogP contribution is -2.59. The van der Waals surface area contributed by atoms with E-state index in [1.807, 2.05) is 54.3 Å². The zero-order chi connectivity index (χ0) is 19.7. The third-order valence-corrected chi connectivity index (χ3v) is 6.15. The first kappa shape index (κ1) is 18.5. The van der Waals surface area contributed by atoms with Gasteiger partial charge in [0.15, 0.2) is 0 Å². The maximum absolute atomic E-state index is 13.7. The first-order valence-corrected chi connectivity index (χ1v) is 9.81. The zero-order valence-electron chi connectivity index (χ0n) is 16.0. The van der Waals surface area contributed by atoms with E-state index < -0.39 is 17.6 Å². The van der Waals surface area contributed by atoms with E-state index in [4.69, 9.17) is 0 Å². The summed E-state index contributed by atoms with van der Waals surface area (Å²) in [4.78, 5) is 33.6. The van der Waals surface area contributed by atoms with E-state index in [-0.39, 0.29) is 5.91 Å². The van der Waals surface area contributed by atoms with Gasteiger partial charge in [-0.15, -0.1) is 0 Å². The third-order valence-electron chi connectivity index (χ3n) is 6.15. The van der Waals surface area contributed by atoms with Gasteiger partial charge in [0.25, 0.3) is 0 Å². The highest BCUT2D eigenvalue weighted by atomic mass is 16.4. The molecule has 3 heterocycles. The van der Waals surface area contributed by atoms with Crippen LogP contribution in [0.15, 0.2) is 48.7 Å². The molecule has 2 aliphatic heterocycles. The molecule has 6 heteroatoms. The summed E-state index contributed by atoms with van der Waals surface area (Å²) in [5.41, 5.74) is 1.90. The molecule has 2 unspecified atom stereocenters. The summed E-state index contributed by atoms with van der Waals surface area (Å²) in [6.07, 6.45) is 3.14. The van der Waals surface area contributed by atoms with E-state index in [2.05, 4.69) is 4.98 Å². The van der Waals surface area contributed by atoms with Gasteiger partial charge in [-0.05, 0) is 49.4 Å². The van der Waals surface area contributed by atoms with Crippen molar-refractivity contribution in [3.05, 3.63) is 65.5 Å². The number of carbonyl (C=O) groups excluding carboxylic acids is 1. The Kier molecular flexibility index (Phi) is 4.79. The van der Waals surface area contributed by atoms with Crippen LogP contribution in [0.4, 0.5) is 4.79 Å². The molecule has 1 aromatic heterocycles. The molecule has 0 saturated carbocycles. The summed E-state index contributed by atoms with van der Waals surface area (Å²) in [5.74, 6) is -0.121. The van der Waals surface area contributed by atoms with Crippen LogP contribution in [0.5, 0.6) is 0 Å². The van der Waals surface area contributed by atoms with E-state index in [1.54, 1.807) is 6.20 Å². The minimum absolute atomic E-state index is 0.121. The van der Waals surface area contributed by atoms with Crippen LogP contribution in [0, 0.1) is 0 Å². The molecular weight excluding hydrogens is 354 g/mol. The Morgan fingerprint density at radius 3 is 2.46 bits per heavy atom. The van der Waals surface area contributed by atoms with Crippen molar-refractivity contribution in [1.29, 1.82) is 0 Å². The Balaban J connectivity index is 1.95. The van der Waals surface area contributed by atoms with Crippen LogP contribution in [0.3, 0.4) is 0 Å². The highest BCUT2D eigenvalue weighted by Gasteiger charge is 2.51. The van der Waals surface area contributed by atoms with Crippen molar-refractivity contribution in [3.8, 4) is 0 Å². The fraction of sp³-hybridized carbons (Fsp3) is 0.409. The lowest BCUT2D eigenvalue weighted by atomic mass is 9.71. The molecule has 0 radical (unpaired) electrons. The molecule has 1 saturated heterocycles. The van der Waals surface area contributed by atoms with E-state index in [0.717, 1.165) is 24.0 Å². The Hall–Kier alpha value is -2.89.